The van der Waals surface area contributed by atoms with E-state index in [-0.39, 0.29) is 0 Å². The summed E-state index contributed by atoms with van der Waals surface area (Å²) in [5.41, 5.74) is 0. The van der Waals surface area contributed by atoms with Crippen LogP contribution in [0.25, 0.3) is 0 Å². The molecule has 0 bridgehead atoms. The highest BCUT2D eigenvalue weighted by atomic mass is 28.3. The van der Waals surface area contributed by atoms with Gasteiger partial charge in [0.1, 0.15) is 0 Å². The minimum Gasteiger partial charge on any atom is -0.381 e. The van der Waals surface area contributed by atoms with E-state index in [0.29, 0.717) is 6.04 Å². The van der Waals surface area contributed by atoms with Crippen LogP contribution in [0.1, 0.15) is 71.1 Å². The molecule has 0 heterocycles. The number of unbranched alkanes of at least 4 members (excludes halogenated alkanes) is 8. The largest absolute Gasteiger partial charge is 0.381 e. The summed E-state index contributed by atoms with van der Waals surface area (Å²) in [4.78, 5) is 0. The molecule has 0 aromatic heterocycles. The summed E-state index contributed by atoms with van der Waals surface area (Å²) in [5.74, 6) is -9.06. The summed E-state index contributed by atoms with van der Waals surface area (Å²) in [6.07, 6.45) is 10.7. The van der Waals surface area contributed by atoms with Crippen LogP contribution < -0.4 is 5.19 Å². The number of halogens is 5. The molecule has 1 nitrogen and oxygen atoms in total. The lowest BCUT2D eigenvalue weighted by atomic mass is 10.1. The molecule has 1 rings (SSSR count). The van der Waals surface area contributed by atoms with Crippen molar-refractivity contribution in [1.82, 2.24) is 0 Å². The van der Waals surface area contributed by atoms with Gasteiger partial charge in [-0.2, -0.15) is 0 Å². The molecule has 29 heavy (non-hydrogen) atoms. The third-order valence-electron chi connectivity index (χ3n) is 5.33. The minimum atomic E-state index is -2.76. The third-order valence-corrected chi connectivity index (χ3v) is 8.72. The molecule has 0 aliphatic carbocycles. The number of ether oxygens (including phenoxy) is 1. The second-order valence-electron chi connectivity index (χ2n) is 8.37. The first-order valence-corrected chi connectivity index (χ1v) is 14.0. The lowest BCUT2D eigenvalue weighted by Crippen LogP contribution is -2.47. The zero-order valence-electron chi connectivity index (χ0n) is 18.0. The van der Waals surface area contributed by atoms with Crippen LogP contribution in [0.4, 0.5) is 22.0 Å². The highest BCUT2D eigenvalue weighted by Gasteiger charge is 2.35. The lowest BCUT2D eigenvalue weighted by molar-refractivity contribution is 0.130. The van der Waals surface area contributed by atoms with E-state index in [9.17, 15) is 22.0 Å². The molecule has 0 N–H and O–H groups in total. The van der Waals surface area contributed by atoms with Gasteiger partial charge in [0.15, 0.2) is 23.3 Å². The van der Waals surface area contributed by atoms with Crippen molar-refractivity contribution in [3.63, 3.8) is 0 Å². The predicted octanol–water partition coefficient (Wildman–Crippen LogP) is 7.24. The quantitative estimate of drug-likeness (QED) is 0.0922. The third kappa shape index (κ3) is 8.36. The van der Waals surface area contributed by atoms with Crippen LogP contribution >= 0.6 is 0 Å². The van der Waals surface area contributed by atoms with Gasteiger partial charge in [-0.25, -0.2) is 22.0 Å². The van der Waals surface area contributed by atoms with Crippen molar-refractivity contribution < 1.29 is 26.7 Å². The number of hydrogen-bond donors (Lipinski definition) is 0. The number of benzene rings is 1. The van der Waals surface area contributed by atoms with Crippen LogP contribution in [-0.2, 0) is 4.74 Å². The standard InChI is InChI=1S/C22H35F5OSi/c1-4-14-28-15-12-10-8-6-5-7-9-11-13-16-29(2,3)22-20(26)18(24)17(23)19(25)21(22)27/h4-16H2,1-3H3. The van der Waals surface area contributed by atoms with Gasteiger partial charge in [0, 0.05) is 18.4 Å². The fraction of sp³-hybridized carbons (Fsp3) is 0.727. The average Bonchev–Trinajstić information content (AvgIpc) is 2.68. The monoisotopic (exact) mass is 438 g/mol. The van der Waals surface area contributed by atoms with E-state index in [0.717, 1.165) is 58.2 Å². The van der Waals surface area contributed by atoms with Gasteiger partial charge in [0.2, 0.25) is 5.82 Å². The van der Waals surface area contributed by atoms with Gasteiger partial charge in [0.05, 0.1) is 8.07 Å². The topological polar surface area (TPSA) is 9.23 Å². The molecule has 0 radical (unpaired) electrons. The van der Waals surface area contributed by atoms with Crippen molar-refractivity contribution in [3.05, 3.63) is 29.1 Å². The summed E-state index contributed by atoms with van der Waals surface area (Å²) in [5, 5.41) is -0.572. The van der Waals surface area contributed by atoms with Gasteiger partial charge in [-0.05, 0) is 12.8 Å². The van der Waals surface area contributed by atoms with E-state index in [2.05, 4.69) is 6.92 Å². The normalized spacial score (nSPS) is 12.0. The van der Waals surface area contributed by atoms with Crippen LogP contribution in [0.2, 0.25) is 19.1 Å². The molecule has 0 saturated heterocycles. The van der Waals surface area contributed by atoms with Crippen molar-refractivity contribution in [2.75, 3.05) is 13.2 Å². The van der Waals surface area contributed by atoms with Gasteiger partial charge in [-0.1, -0.05) is 77.4 Å². The van der Waals surface area contributed by atoms with E-state index in [1.54, 1.807) is 13.1 Å². The first-order chi connectivity index (χ1) is 13.7. The zero-order valence-corrected chi connectivity index (χ0v) is 19.0. The van der Waals surface area contributed by atoms with Gasteiger partial charge >= 0.3 is 0 Å². The molecular formula is C22H35F5OSi. The van der Waals surface area contributed by atoms with Gasteiger partial charge in [0.25, 0.3) is 0 Å². The first-order valence-electron chi connectivity index (χ1n) is 10.8. The summed E-state index contributed by atoms with van der Waals surface area (Å²) in [6.45, 7) is 7.10. The maximum Gasteiger partial charge on any atom is 0.200 e. The van der Waals surface area contributed by atoms with Crippen LogP contribution in [-0.4, -0.2) is 21.3 Å². The molecule has 0 aliphatic heterocycles. The van der Waals surface area contributed by atoms with E-state index >= 15 is 0 Å². The lowest BCUT2D eigenvalue weighted by Gasteiger charge is -2.24. The van der Waals surface area contributed by atoms with E-state index < -0.39 is 42.3 Å². The summed E-state index contributed by atoms with van der Waals surface area (Å²) < 4.78 is 73.8. The smallest absolute Gasteiger partial charge is 0.200 e. The molecule has 0 amide bonds. The Hall–Kier alpha value is -0.953. The SMILES string of the molecule is CCCOCCCCCCCCCCC[Si](C)(C)c1c(F)c(F)c(F)c(F)c1F. The molecule has 7 heteroatoms. The Kier molecular flexibility index (Phi) is 12.0. The Bertz CT molecular complexity index is 593. The van der Waals surface area contributed by atoms with Crippen molar-refractivity contribution >= 4 is 13.3 Å². The van der Waals surface area contributed by atoms with Gasteiger partial charge in [-0.3, -0.25) is 0 Å². The molecule has 0 aliphatic rings. The Morgan fingerprint density at radius 1 is 0.586 bits per heavy atom. The molecule has 0 atom stereocenters. The van der Waals surface area contributed by atoms with E-state index in [1.165, 1.54) is 19.3 Å². The van der Waals surface area contributed by atoms with Crippen LogP contribution in [0.15, 0.2) is 0 Å². The average molecular weight is 439 g/mol. The maximum absolute atomic E-state index is 14.1. The van der Waals surface area contributed by atoms with Gasteiger partial charge < -0.3 is 4.74 Å². The molecular weight excluding hydrogens is 403 g/mol. The summed E-state index contributed by atoms with van der Waals surface area (Å²) >= 11 is 0. The fourth-order valence-corrected chi connectivity index (χ4v) is 6.37. The molecule has 1 aromatic rings. The first kappa shape index (κ1) is 26.1. The molecule has 0 spiro atoms. The Morgan fingerprint density at radius 2 is 1.00 bits per heavy atom. The molecule has 0 saturated carbocycles. The van der Waals surface area contributed by atoms with Crippen LogP contribution in [0.5, 0.6) is 0 Å². The number of hydrogen-bond acceptors (Lipinski definition) is 1. The summed E-state index contributed by atoms with van der Waals surface area (Å²) in [7, 11) is -2.76. The van der Waals surface area contributed by atoms with E-state index in [4.69, 9.17) is 4.74 Å². The van der Waals surface area contributed by atoms with E-state index in [1.807, 2.05) is 0 Å². The van der Waals surface area contributed by atoms with Crippen LogP contribution in [0.3, 0.4) is 0 Å². The maximum atomic E-state index is 14.1. The predicted molar refractivity (Wildman–Crippen MR) is 111 cm³/mol. The zero-order chi connectivity index (χ0) is 21.9. The second-order valence-corrected chi connectivity index (χ2v) is 13.1. The Morgan fingerprint density at radius 3 is 1.48 bits per heavy atom. The molecule has 168 valence electrons. The highest BCUT2D eigenvalue weighted by Crippen LogP contribution is 2.23. The van der Waals surface area contributed by atoms with Crippen molar-refractivity contribution in [2.45, 2.75) is 90.3 Å². The fourth-order valence-electron chi connectivity index (χ4n) is 3.58. The Labute approximate surface area is 173 Å². The second kappa shape index (κ2) is 13.4. The highest BCUT2D eigenvalue weighted by molar-refractivity contribution is 6.89. The van der Waals surface area contributed by atoms with Crippen LogP contribution in [0, 0.1) is 29.1 Å². The minimum absolute atomic E-state index is 0.503. The number of rotatable bonds is 15. The van der Waals surface area contributed by atoms with Gasteiger partial charge in [-0.15, -0.1) is 0 Å². The Balaban J connectivity index is 2.27. The molecule has 1 aromatic carbocycles. The molecule has 0 fully saturated rings. The van der Waals surface area contributed by atoms with Crippen molar-refractivity contribution in [3.8, 4) is 0 Å². The van der Waals surface area contributed by atoms with Crippen molar-refractivity contribution in [2.24, 2.45) is 0 Å². The molecule has 0 unspecified atom stereocenters. The van der Waals surface area contributed by atoms with Crippen molar-refractivity contribution in [1.29, 1.82) is 0 Å². The summed E-state index contributed by atoms with van der Waals surface area (Å²) in [6, 6.07) is 0.503.